The van der Waals surface area contributed by atoms with Gasteiger partial charge in [-0.2, -0.15) is 0 Å². The normalized spacial score (nSPS) is 14.8. The molecule has 2 unspecified atom stereocenters. The van der Waals surface area contributed by atoms with Gasteiger partial charge in [0.15, 0.2) is 6.23 Å². The van der Waals surface area contributed by atoms with Crippen molar-refractivity contribution in [2.75, 3.05) is 0 Å². The molecule has 0 saturated carbocycles. The lowest BCUT2D eigenvalue weighted by Crippen LogP contribution is -2.34. The van der Waals surface area contributed by atoms with Gasteiger partial charge in [-0.25, -0.2) is 4.79 Å². The molecule has 0 saturated heterocycles. The van der Waals surface area contributed by atoms with Crippen molar-refractivity contribution in [3.05, 3.63) is 19.1 Å². The summed E-state index contributed by atoms with van der Waals surface area (Å²) in [6, 6.07) is -0.132. The molecule has 0 aliphatic carbocycles. The number of rotatable bonds is 5. The summed E-state index contributed by atoms with van der Waals surface area (Å²) >= 11 is 0. The summed E-state index contributed by atoms with van der Waals surface area (Å²) in [6.07, 6.45) is 0.321. The van der Waals surface area contributed by atoms with Gasteiger partial charge in [0.2, 0.25) is 0 Å². The van der Waals surface area contributed by atoms with Crippen molar-refractivity contribution in [1.29, 1.82) is 0 Å². The van der Waals surface area contributed by atoms with E-state index in [0.29, 0.717) is 18.4 Å². The fourth-order valence-corrected chi connectivity index (χ4v) is 0.702. The number of hydrogen-bond donors (Lipinski definition) is 2. The third-order valence-corrected chi connectivity index (χ3v) is 1.51. The maximum atomic E-state index is 11.0. The van der Waals surface area contributed by atoms with Crippen LogP contribution in [0.15, 0.2) is 12.2 Å². The van der Waals surface area contributed by atoms with Crippen LogP contribution in [0.3, 0.4) is 0 Å². The van der Waals surface area contributed by atoms with Crippen LogP contribution in [0.25, 0.3) is 0 Å². The van der Waals surface area contributed by atoms with Crippen LogP contribution in [0.5, 0.6) is 0 Å². The molecule has 0 aromatic carbocycles. The predicted molar refractivity (Wildman–Crippen MR) is 51.4 cm³/mol. The molecule has 75 valence electrons. The van der Waals surface area contributed by atoms with Crippen LogP contribution in [0, 0.1) is 6.92 Å². The smallest absolute Gasteiger partial charge is 0.334 e. The zero-order valence-corrected chi connectivity index (χ0v) is 7.95. The van der Waals surface area contributed by atoms with Crippen LogP contribution in [0.2, 0.25) is 0 Å². The molecule has 0 rings (SSSR count). The molecule has 0 aliphatic heterocycles. The molecule has 1 radical (unpaired) electrons. The minimum Gasteiger partial charge on any atom is -0.443 e. The van der Waals surface area contributed by atoms with Gasteiger partial charge in [-0.15, -0.1) is 0 Å². The number of esters is 1. The molecule has 0 heterocycles. The van der Waals surface area contributed by atoms with Crippen LogP contribution in [-0.4, -0.2) is 18.2 Å². The highest BCUT2D eigenvalue weighted by Gasteiger charge is 2.12. The number of carbonyl (C=O) groups is 1. The van der Waals surface area contributed by atoms with Gasteiger partial charge in [-0.1, -0.05) is 13.5 Å². The van der Waals surface area contributed by atoms with Gasteiger partial charge in [0.05, 0.1) is 0 Å². The third kappa shape index (κ3) is 5.38. The molecular formula is C9H17N2O2. The van der Waals surface area contributed by atoms with Gasteiger partial charge in [0.1, 0.15) is 0 Å². The molecule has 4 nitrogen and oxygen atoms in total. The molecule has 2 atom stereocenters. The number of nitrogens with two attached hydrogens (primary N) is 2. The van der Waals surface area contributed by atoms with E-state index in [2.05, 4.69) is 13.5 Å². The first-order valence-electron chi connectivity index (χ1n) is 4.14. The first-order valence-corrected chi connectivity index (χ1v) is 4.14. The lowest BCUT2D eigenvalue weighted by Gasteiger charge is -2.16. The highest BCUT2D eigenvalue weighted by atomic mass is 16.6. The van der Waals surface area contributed by atoms with Gasteiger partial charge in [-0.05, 0) is 13.3 Å². The summed E-state index contributed by atoms with van der Waals surface area (Å²) in [5.74, 6) is -0.483. The van der Waals surface area contributed by atoms with E-state index < -0.39 is 12.2 Å². The lowest BCUT2D eigenvalue weighted by atomic mass is 10.1. The fourth-order valence-electron chi connectivity index (χ4n) is 0.702. The highest BCUT2D eigenvalue weighted by molar-refractivity contribution is 5.87. The second kappa shape index (κ2) is 5.72. The SMILES string of the molecule is [CH2]CC(N)CC(N)OC(=O)C(=C)C. The second-order valence-corrected chi connectivity index (χ2v) is 3.01. The molecular weight excluding hydrogens is 168 g/mol. The van der Waals surface area contributed by atoms with Gasteiger partial charge >= 0.3 is 5.97 Å². The van der Waals surface area contributed by atoms with Gasteiger partial charge in [0, 0.05) is 18.0 Å². The topological polar surface area (TPSA) is 78.3 Å². The average Bonchev–Trinajstić information content (AvgIpc) is 2.03. The summed E-state index contributed by atoms with van der Waals surface area (Å²) < 4.78 is 4.82. The summed E-state index contributed by atoms with van der Waals surface area (Å²) in [5.41, 5.74) is 11.4. The van der Waals surface area contributed by atoms with Crippen LogP contribution < -0.4 is 11.5 Å². The van der Waals surface area contributed by atoms with Gasteiger partial charge < -0.3 is 10.5 Å². The van der Waals surface area contributed by atoms with Crippen LogP contribution >= 0.6 is 0 Å². The molecule has 0 amide bonds. The van der Waals surface area contributed by atoms with Crippen molar-refractivity contribution in [3.63, 3.8) is 0 Å². The van der Waals surface area contributed by atoms with E-state index >= 15 is 0 Å². The maximum Gasteiger partial charge on any atom is 0.334 e. The Morgan fingerprint density at radius 3 is 2.46 bits per heavy atom. The quantitative estimate of drug-likeness (QED) is 0.367. The Hall–Kier alpha value is -0.870. The zero-order valence-electron chi connectivity index (χ0n) is 7.95. The minimum atomic E-state index is -0.666. The van der Waals surface area contributed by atoms with E-state index in [1.54, 1.807) is 6.92 Å². The molecule has 0 bridgehead atoms. The van der Waals surface area contributed by atoms with Crippen molar-refractivity contribution in [1.82, 2.24) is 0 Å². The van der Waals surface area contributed by atoms with E-state index in [1.807, 2.05) is 0 Å². The Kier molecular flexibility index (Phi) is 5.34. The van der Waals surface area contributed by atoms with Crippen molar-refractivity contribution in [3.8, 4) is 0 Å². The molecule has 4 heteroatoms. The Morgan fingerprint density at radius 1 is 1.54 bits per heavy atom. The van der Waals surface area contributed by atoms with E-state index in [4.69, 9.17) is 16.2 Å². The van der Waals surface area contributed by atoms with Gasteiger partial charge in [0.25, 0.3) is 0 Å². The van der Waals surface area contributed by atoms with Crippen LogP contribution in [0.1, 0.15) is 19.8 Å². The molecule has 0 spiro atoms. The Bertz CT molecular complexity index is 192. The number of ether oxygens (including phenoxy) is 1. The Balaban J connectivity index is 3.80. The predicted octanol–water partition coefficient (Wildman–Crippen LogP) is 0.332. The maximum absolute atomic E-state index is 11.0. The zero-order chi connectivity index (χ0) is 10.4. The van der Waals surface area contributed by atoms with Crippen molar-refractivity contribution in [2.24, 2.45) is 11.5 Å². The molecule has 13 heavy (non-hydrogen) atoms. The van der Waals surface area contributed by atoms with Crippen LogP contribution in [0.4, 0.5) is 0 Å². The number of hydrogen-bond acceptors (Lipinski definition) is 4. The molecule has 0 aromatic rings. The van der Waals surface area contributed by atoms with Gasteiger partial charge in [-0.3, -0.25) is 5.73 Å². The summed E-state index contributed by atoms with van der Waals surface area (Å²) in [7, 11) is 0. The largest absolute Gasteiger partial charge is 0.443 e. The summed E-state index contributed by atoms with van der Waals surface area (Å²) in [4.78, 5) is 11.0. The van der Waals surface area contributed by atoms with Crippen molar-refractivity contribution in [2.45, 2.75) is 32.0 Å². The van der Waals surface area contributed by atoms with Crippen molar-refractivity contribution < 1.29 is 9.53 Å². The van der Waals surface area contributed by atoms with E-state index in [-0.39, 0.29) is 6.04 Å². The molecule has 4 N–H and O–H groups in total. The summed E-state index contributed by atoms with van der Waals surface area (Å²) in [6.45, 7) is 8.61. The summed E-state index contributed by atoms with van der Waals surface area (Å²) in [5, 5.41) is 0. The first kappa shape index (κ1) is 12.1. The minimum absolute atomic E-state index is 0.132. The molecule has 0 aromatic heterocycles. The average molecular weight is 185 g/mol. The fraction of sp³-hybridized carbons (Fsp3) is 0.556. The Morgan fingerprint density at radius 2 is 2.08 bits per heavy atom. The monoisotopic (exact) mass is 185 g/mol. The second-order valence-electron chi connectivity index (χ2n) is 3.01. The van der Waals surface area contributed by atoms with Crippen LogP contribution in [-0.2, 0) is 9.53 Å². The number of carbonyl (C=O) groups excluding carboxylic acids is 1. The molecule has 0 fully saturated rings. The molecule has 0 aliphatic rings. The Labute approximate surface area is 78.9 Å². The van der Waals surface area contributed by atoms with E-state index in [1.165, 1.54) is 0 Å². The van der Waals surface area contributed by atoms with Crippen molar-refractivity contribution >= 4 is 5.97 Å². The lowest BCUT2D eigenvalue weighted by molar-refractivity contribution is -0.144. The third-order valence-electron chi connectivity index (χ3n) is 1.51. The standard InChI is InChI=1S/C9H17N2O2/c1-4-7(10)5-8(11)13-9(12)6(2)3/h7-8H,1-2,4-5,10-11H2,3H3. The van der Waals surface area contributed by atoms with E-state index in [9.17, 15) is 4.79 Å². The first-order chi connectivity index (χ1) is 5.97. The van der Waals surface area contributed by atoms with E-state index in [0.717, 1.165) is 0 Å². The highest BCUT2D eigenvalue weighted by Crippen LogP contribution is 2.01.